The van der Waals surface area contributed by atoms with Gasteiger partial charge in [-0.1, -0.05) is 35.5 Å². The topological polar surface area (TPSA) is 125 Å². The van der Waals surface area contributed by atoms with Gasteiger partial charge < -0.3 is 21.5 Å². The third kappa shape index (κ3) is 3.66. The van der Waals surface area contributed by atoms with E-state index >= 15 is 0 Å². The first-order valence-electron chi connectivity index (χ1n) is 11.2. The number of pyridine rings is 1. The number of hydrogen-bond acceptors (Lipinski definition) is 7. The second kappa shape index (κ2) is 8.55. The van der Waals surface area contributed by atoms with Gasteiger partial charge in [-0.3, -0.25) is 5.41 Å². The van der Waals surface area contributed by atoms with Crippen LogP contribution in [-0.2, 0) is 6.42 Å². The molecule has 178 valence electrons. The van der Waals surface area contributed by atoms with Gasteiger partial charge in [-0.15, -0.1) is 0 Å². The standard InChI is InChI=1S/C24H26ClFN6OS/c1-12-18(33)19(34-15-5-8-30-21(28)17(15)25)22(29)31-23(12)32-9-6-24(7-10-32)11-13-3-2-4-14(26)16(13)20(24)27/h2-5,8,12,20,29,33H,6-7,9-11,27H2,1H3,(H2,28,30)/t12-,20?/m1/s1. The van der Waals surface area contributed by atoms with Crippen molar-refractivity contribution < 1.29 is 9.50 Å². The third-order valence-corrected chi connectivity index (χ3v) is 8.98. The number of benzene rings is 1. The van der Waals surface area contributed by atoms with Crippen LogP contribution < -0.4 is 11.5 Å². The molecule has 0 saturated carbocycles. The Bertz CT molecular complexity index is 1240. The Labute approximate surface area is 206 Å². The van der Waals surface area contributed by atoms with Crippen molar-refractivity contribution in [3.63, 3.8) is 0 Å². The molecule has 1 saturated heterocycles. The van der Waals surface area contributed by atoms with Gasteiger partial charge in [0.2, 0.25) is 0 Å². The van der Waals surface area contributed by atoms with Crippen molar-refractivity contribution >= 4 is 40.9 Å². The third-order valence-electron chi connectivity index (χ3n) is 7.30. The summed E-state index contributed by atoms with van der Waals surface area (Å²) in [6.07, 6.45) is 3.89. The molecule has 10 heteroatoms. The van der Waals surface area contributed by atoms with Crippen molar-refractivity contribution in [2.45, 2.75) is 37.1 Å². The van der Waals surface area contributed by atoms with Crippen LogP contribution >= 0.6 is 23.4 Å². The highest BCUT2D eigenvalue weighted by atomic mass is 35.5. The maximum Gasteiger partial charge on any atom is 0.164 e. The van der Waals surface area contributed by atoms with Crippen LogP contribution in [0.15, 0.2) is 51.0 Å². The monoisotopic (exact) mass is 500 g/mol. The lowest BCUT2D eigenvalue weighted by atomic mass is 9.73. The number of piperidine rings is 1. The molecule has 6 N–H and O–H groups in total. The van der Waals surface area contributed by atoms with E-state index < -0.39 is 0 Å². The minimum Gasteiger partial charge on any atom is -0.510 e. The van der Waals surface area contributed by atoms with Gasteiger partial charge in [-0.05, 0) is 49.3 Å². The maximum absolute atomic E-state index is 14.4. The van der Waals surface area contributed by atoms with E-state index in [1.54, 1.807) is 12.1 Å². The van der Waals surface area contributed by atoms with Crippen LogP contribution in [-0.4, -0.2) is 39.8 Å². The summed E-state index contributed by atoms with van der Waals surface area (Å²) in [6, 6.07) is 6.56. The number of nitrogens with two attached hydrogens (primary N) is 2. The summed E-state index contributed by atoms with van der Waals surface area (Å²) in [4.78, 5) is 11.6. The van der Waals surface area contributed by atoms with Crippen LogP contribution in [0.1, 0.15) is 36.9 Å². The largest absolute Gasteiger partial charge is 0.510 e. The molecule has 7 nitrogen and oxygen atoms in total. The summed E-state index contributed by atoms with van der Waals surface area (Å²) in [6.45, 7) is 3.24. The van der Waals surface area contributed by atoms with E-state index in [4.69, 9.17) is 28.5 Å². The van der Waals surface area contributed by atoms with E-state index in [1.165, 1.54) is 12.3 Å². The molecule has 1 unspecified atom stereocenters. The Morgan fingerprint density at radius 2 is 2.03 bits per heavy atom. The number of dihydropyridines is 1. The second-order valence-corrected chi connectivity index (χ2v) is 10.6. The number of nitrogen functional groups attached to an aromatic ring is 1. The van der Waals surface area contributed by atoms with Gasteiger partial charge in [0.15, 0.2) is 5.84 Å². The number of amidine groups is 2. The summed E-state index contributed by atoms with van der Waals surface area (Å²) in [5, 5.41) is 19.8. The summed E-state index contributed by atoms with van der Waals surface area (Å²) >= 11 is 7.41. The first kappa shape index (κ1) is 23.1. The van der Waals surface area contributed by atoms with Crippen LogP contribution in [0.5, 0.6) is 0 Å². The van der Waals surface area contributed by atoms with Gasteiger partial charge in [0.05, 0.1) is 15.8 Å². The van der Waals surface area contributed by atoms with Gasteiger partial charge in [-0.2, -0.15) is 0 Å². The molecule has 0 bridgehead atoms. The molecule has 1 fully saturated rings. The lowest BCUT2D eigenvalue weighted by Gasteiger charge is -2.44. The number of likely N-dealkylation sites (tertiary alicyclic amines) is 1. The molecule has 0 radical (unpaired) electrons. The molecule has 3 heterocycles. The number of aliphatic hydroxyl groups is 1. The summed E-state index contributed by atoms with van der Waals surface area (Å²) in [5.41, 5.74) is 13.8. The quantitative estimate of drug-likeness (QED) is 0.474. The van der Waals surface area contributed by atoms with E-state index in [0.717, 1.165) is 36.6 Å². The Balaban J connectivity index is 1.32. The fourth-order valence-corrected chi connectivity index (χ4v) is 6.52. The molecule has 2 atom stereocenters. The van der Waals surface area contributed by atoms with E-state index in [1.807, 2.05) is 13.0 Å². The van der Waals surface area contributed by atoms with Crippen molar-refractivity contribution in [1.29, 1.82) is 5.41 Å². The molecule has 0 amide bonds. The van der Waals surface area contributed by atoms with Gasteiger partial charge in [0.25, 0.3) is 0 Å². The van der Waals surface area contributed by atoms with Crippen LogP contribution in [0, 0.1) is 22.6 Å². The number of anilines is 1. The summed E-state index contributed by atoms with van der Waals surface area (Å²) in [5.74, 6) is 0.320. The number of nitrogens with one attached hydrogen (secondary N) is 1. The van der Waals surface area contributed by atoms with Crippen molar-refractivity contribution in [1.82, 2.24) is 9.88 Å². The van der Waals surface area contributed by atoms with E-state index in [-0.39, 0.29) is 45.6 Å². The van der Waals surface area contributed by atoms with Crippen molar-refractivity contribution in [3.05, 3.63) is 63.1 Å². The molecule has 2 aliphatic heterocycles. The molecule has 1 spiro atoms. The predicted octanol–water partition coefficient (Wildman–Crippen LogP) is 4.68. The zero-order valence-corrected chi connectivity index (χ0v) is 20.3. The average molecular weight is 501 g/mol. The van der Waals surface area contributed by atoms with Crippen LogP contribution in [0.4, 0.5) is 10.2 Å². The molecule has 1 aromatic carbocycles. The van der Waals surface area contributed by atoms with Crippen molar-refractivity contribution in [2.75, 3.05) is 18.8 Å². The molecular formula is C24H26ClFN6OS. The predicted molar refractivity (Wildman–Crippen MR) is 134 cm³/mol. The van der Waals surface area contributed by atoms with Crippen LogP contribution in [0.3, 0.4) is 0 Å². The Hall–Kier alpha value is -2.62. The Morgan fingerprint density at radius 3 is 2.74 bits per heavy atom. The maximum atomic E-state index is 14.4. The SMILES string of the molecule is C[C@H]1C(N2CCC3(CC2)Cc2cccc(F)c2C3N)=NC(=N)C(Sc2ccnc(N)c2Cl)=C1O. The number of aliphatic imine (C=N–C) groups is 1. The normalized spacial score (nSPS) is 23.9. The van der Waals surface area contributed by atoms with Gasteiger partial charge in [0.1, 0.15) is 23.2 Å². The second-order valence-electron chi connectivity index (χ2n) is 9.18. The minimum atomic E-state index is -0.379. The average Bonchev–Trinajstić information content (AvgIpc) is 3.09. The first-order chi connectivity index (χ1) is 16.2. The molecular weight excluding hydrogens is 475 g/mol. The fraction of sp³-hybridized carbons (Fsp3) is 0.375. The Morgan fingerprint density at radius 1 is 1.29 bits per heavy atom. The van der Waals surface area contributed by atoms with E-state index in [9.17, 15) is 9.50 Å². The highest BCUT2D eigenvalue weighted by molar-refractivity contribution is 8.04. The highest BCUT2D eigenvalue weighted by Gasteiger charge is 2.48. The molecule has 5 rings (SSSR count). The smallest absolute Gasteiger partial charge is 0.164 e. The van der Waals surface area contributed by atoms with Crippen molar-refractivity contribution in [2.24, 2.45) is 22.1 Å². The molecule has 1 aromatic heterocycles. The number of thioether (sulfide) groups is 1. The first-order valence-corrected chi connectivity index (χ1v) is 12.4. The number of aliphatic hydroxyl groups excluding tert-OH is 1. The lowest BCUT2D eigenvalue weighted by molar-refractivity contribution is 0.123. The van der Waals surface area contributed by atoms with Crippen LogP contribution in [0.2, 0.25) is 5.02 Å². The van der Waals surface area contributed by atoms with Crippen LogP contribution in [0.25, 0.3) is 0 Å². The number of aromatic nitrogens is 1. The number of nitrogens with zero attached hydrogens (tertiary/aromatic N) is 3. The van der Waals surface area contributed by atoms with E-state index in [0.29, 0.717) is 34.3 Å². The zero-order chi connectivity index (χ0) is 24.2. The summed E-state index contributed by atoms with van der Waals surface area (Å²) in [7, 11) is 0. The molecule has 3 aliphatic rings. The van der Waals surface area contributed by atoms with E-state index in [2.05, 4.69) is 14.9 Å². The molecule has 2 aromatic rings. The van der Waals surface area contributed by atoms with Crippen molar-refractivity contribution in [3.8, 4) is 0 Å². The highest BCUT2D eigenvalue weighted by Crippen LogP contribution is 2.51. The molecule has 1 aliphatic carbocycles. The summed E-state index contributed by atoms with van der Waals surface area (Å²) < 4.78 is 14.4. The fourth-order valence-electron chi connectivity index (χ4n) is 5.33. The zero-order valence-electron chi connectivity index (χ0n) is 18.7. The van der Waals surface area contributed by atoms with Gasteiger partial charge in [-0.25, -0.2) is 14.4 Å². The minimum absolute atomic E-state index is 0.0191. The molecule has 34 heavy (non-hydrogen) atoms. The Kier molecular flexibility index (Phi) is 5.82. The lowest BCUT2D eigenvalue weighted by Crippen LogP contribution is -2.49. The number of hydrogen-bond donors (Lipinski definition) is 4. The van der Waals surface area contributed by atoms with Gasteiger partial charge >= 0.3 is 0 Å². The van der Waals surface area contributed by atoms with Gasteiger partial charge in [0, 0.05) is 35.8 Å². The number of rotatable bonds is 2. The number of halogens is 2. The number of fused-ring (bicyclic) bond motifs is 1.